The lowest BCUT2D eigenvalue weighted by Crippen LogP contribution is -2.54. The SMILES string of the molecule is C.O=C(NO)c1cnc(N2CCC(N3CCN(S(=O)(=O)c4ccc5ccccc5c4)CC3)CC2)nc1. The summed E-state index contributed by atoms with van der Waals surface area (Å²) >= 11 is 0. The van der Waals surface area contributed by atoms with E-state index in [1.807, 2.05) is 30.3 Å². The van der Waals surface area contributed by atoms with Gasteiger partial charge >= 0.3 is 0 Å². The van der Waals surface area contributed by atoms with Crippen LogP contribution in [0.25, 0.3) is 10.8 Å². The van der Waals surface area contributed by atoms with Gasteiger partial charge in [-0.2, -0.15) is 4.31 Å². The third-order valence-corrected chi connectivity index (χ3v) is 8.79. The number of amides is 1. The molecule has 3 heterocycles. The van der Waals surface area contributed by atoms with Gasteiger partial charge in [-0.1, -0.05) is 37.8 Å². The third-order valence-electron chi connectivity index (χ3n) is 6.90. The van der Waals surface area contributed by atoms with Crippen LogP contribution in [0.4, 0.5) is 5.95 Å². The van der Waals surface area contributed by atoms with E-state index in [1.54, 1.807) is 21.9 Å². The van der Waals surface area contributed by atoms with Gasteiger partial charge in [0.25, 0.3) is 5.91 Å². The number of benzene rings is 2. The maximum Gasteiger partial charge on any atom is 0.277 e. The van der Waals surface area contributed by atoms with E-state index in [2.05, 4.69) is 19.8 Å². The number of anilines is 1. The van der Waals surface area contributed by atoms with E-state index < -0.39 is 15.9 Å². The second-order valence-electron chi connectivity index (χ2n) is 8.88. The molecule has 2 aliphatic heterocycles. The quantitative estimate of drug-likeness (QED) is 0.395. The van der Waals surface area contributed by atoms with Crippen LogP contribution >= 0.6 is 0 Å². The molecule has 10 nitrogen and oxygen atoms in total. The third kappa shape index (κ3) is 5.19. The van der Waals surface area contributed by atoms with Gasteiger partial charge in [0.15, 0.2) is 0 Å². The maximum absolute atomic E-state index is 13.2. The Morgan fingerprint density at radius 1 is 0.917 bits per heavy atom. The highest BCUT2D eigenvalue weighted by atomic mass is 32.2. The van der Waals surface area contributed by atoms with Crippen molar-refractivity contribution in [2.75, 3.05) is 44.2 Å². The molecule has 0 atom stereocenters. The molecule has 3 aromatic rings. The largest absolute Gasteiger partial charge is 0.341 e. The zero-order valence-electron chi connectivity index (χ0n) is 19.2. The number of nitrogens with one attached hydrogen (secondary N) is 1. The molecule has 0 bridgehead atoms. The Kier molecular flexibility index (Phi) is 7.84. The highest BCUT2D eigenvalue weighted by Gasteiger charge is 2.33. The monoisotopic (exact) mass is 512 g/mol. The number of carbonyl (C=O) groups is 1. The van der Waals surface area contributed by atoms with Crippen molar-refractivity contribution in [2.45, 2.75) is 31.2 Å². The van der Waals surface area contributed by atoms with Gasteiger partial charge in [0, 0.05) is 57.7 Å². The Bertz CT molecular complexity index is 1300. The average Bonchev–Trinajstić information content (AvgIpc) is 2.92. The number of aromatic nitrogens is 2. The Morgan fingerprint density at radius 2 is 1.56 bits per heavy atom. The van der Waals surface area contributed by atoms with Gasteiger partial charge in [-0.3, -0.25) is 14.9 Å². The molecular weight excluding hydrogens is 480 g/mol. The zero-order chi connectivity index (χ0) is 24.4. The molecule has 0 saturated carbocycles. The number of rotatable bonds is 5. The second-order valence-corrected chi connectivity index (χ2v) is 10.8. The lowest BCUT2D eigenvalue weighted by molar-refractivity contribution is 0.0705. The molecule has 36 heavy (non-hydrogen) atoms. The van der Waals surface area contributed by atoms with Gasteiger partial charge in [0.05, 0.1) is 10.5 Å². The topological polar surface area (TPSA) is 119 Å². The van der Waals surface area contributed by atoms with Crippen molar-refractivity contribution in [3.8, 4) is 0 Å². The second kappa shape index (κ2) is 10.9. The Hall–Kier alpha value is -3.12. The standard InChI is InChI=1S/C24H28N6O4S.CH4/c31-23(27-32)20-16-25-24(26-17-20)29-9-7-21(8-10-29)28-11-13-30(14-12-28)35(33,34)22-6-5-18-3-1-2-4-19(18)15-22;/h1-6,15-17,21,32H,7-14H2,(H,27,31);1H4. The minimum atomic E-state index is -3.53. The first kappa shape index (κ1) is 26.0. The van der Waals surface area contributed by atoms with Gasteiger partial charge in [-0.25, -0.2) is 23.9 Å². The number of piperidine rings is 1. The van der Waals surface area contributed by atoms with Crippen molar-refractivity contribution >= 4 is 32.7 Å². The first-order valence-corrected chi connectivity index (χ1v) is 13.1. The molecule has 192 valence electrons. The first-order valence-electron chi connectivity index (χ1n) is 11.7. The van der Waals surface area contributed by atoms with Crippen molar-refractivity contribution in [2.24, 2.45) is 0 Å². The summed E-state index contributed by atoms with van der Waals surface area (Å²) in [7, 11) is -3.53. The van der Waals surface area contributed by atoms with Crippen LogP contribution in [0.2, 0.25) is 0 Å². The summed E-state index contributed by atoms with van der Waals surface area (Å²) < 4.78 is 28.1. The molecule has 2 aliphatic rings. The number of fused-ring (bicyclic) bond motifs is 1. The number of hydrogen-bond acceptors (Lipinski definition) is 8. The fourth-order valence-corrected chi connectivity index (χ4v) is 6.34. The number of carbonyl (C=O) groups excluding carboxylic acids is 1. The molecule has 1 amide bonds. The van der Waals surface area contributed by atoms with E-state index in [0.29, 0.717) is 43.1 Å². The summed E-state index contributed by atoms with van der Waals surface area (Å²) in [6, 6.07) is 13.5. The van der Waals surface area contributed by atoms with E-state index in [-0.39, 0.29) is 13.0 Å². The van der Waals surface area contributed by atoms with Gasteiger partial charge in [-0.05, 0) is 35.7 Å². The molecule has 2 N–H and O–H groups in total. The van der Waals surface area contributed by atoms with E-state index >= 15 is 0 Å². The Balaban J connectivity index is 0.00000304. The maximum atomic E-state index is 13.2. The van der Waals surface area contributed by atoms with Crippen molar-refractivity contribution < 1.29 is 18.4 Å². The molecule has 2 fully saturated rings. The van der Waals surface area contributed by atoms with E-state index in [4.69, 9.17) is 5.21 Å². The number of hydrogen-bond donors (Lipinski definition) is 2. The van der Waals surface area contributed by atoms with Gasteiger partial charge < -0.3 is 4.90 Å². The molecule has 0 spiro atoms. The molecule has 1 aromatic heterocycles. The van der Waals surface area contributed by atoms with Crippen LogP contribution in [-0.4, -0.2) is 84.0 Å². The molecule has 0 unspecified atom stereocenters. The summed E-state index contributed by atoms with van der Waals surface area (Å²) in [5.41, 5.74) is 1.77. The van der Waals surface area contributed by atoms with Crippen molar-refractivity contribution in [3.63, 3.8) is 0 Å². The highest BCUT2D eigenvalue weighted by molar-refractivity contribution is 7.89. The number of piperazine rings is 1. The lowest BCUT2D eigenvalue weighted by atomic mass is 10.0. The average molecular weight is 513 g/mol. The number of nitrogens with zero attached hydrogens (tertiary/aromatic N) is 5. The Labute approximate surface area is 211 Å². The van der Waals surface area contributed by atoms with Gasteiger partial charge in [-0.15, -0.1) is 0 Å². The number of sulfonamides is 1. The molecule has 2 saturated heterocycles. The summed E-state index contributed by atoms with van der Waals surface area (Å²) in [6.45, 7) is 3.94. The molecule has 5 rings (SSSR count). The zero-order valence-corrected chi connectivity index (χ0v) is 20.1. The molecule has 11 heteroatoms. The van der Waals surface area contributed by atoms with E-state index in [9.17, 15) is 13.2 Å². The molecule has 2 aromatic carbocycles. The summed E-state index contributed by atoms with van der Waals surface area (Å²) in [6.07, 6.45) is 4.66. The predicted octanol–water partition coefficient (Wildman–Crippen LogP) is 2.36. The summed E-state index contributed by atoms with van der Waals surface area (Å²) in [5.74, 6) is -0.0822. The van der Waals surface area contributed by atoms with Crippen molar-refractivity contribution in [1.82, 2.24) is 24.7 Å². The van der Waals surface area contributed by atoms with Crippen LogP contribution < -0.4 is 10.4 Å². The van der Waals surface area contributed by atoms with E-state index in [1.165, 1.54) is 12.4 Å². The minimum absolute atomic E-state index is 0. The first-order chi connectivity index (χ1) is 17.0. The minimum Gasteiger partial charge on any atom is -0.341 e. The van der Waals surface area contributed by atoms with Crippen molar-refractivity contribution in [3.05, 3.63) is 60.4 Å². The Morgan fingerprint density at radius 3 is 2.19 bits per heavy atom. The lowest BCUT2D eigenvalue weighted by Gasteiger charge is -2.42. The normalized spacial score (nSPS) is 18.1. The van der Waals surface area contributed by atoms with Crippen LogP contribution in [0.5, 0.6) is 0 Å². The molecule has 0 aliphatic carbocycles. The number of hydroxylamine groups is 1. The van der Waals surface area contributed by atoms with Crippen LogP contribution in [-0.2, 0) is 10.0 Å². The smallest absolute Gasteiger partial charge is 0.277 e. The predicted molar refractivity (Wildman–Crippen MR) is 138 cm³/mol. The summed E-state index contributed by atoms with van der Waals surface area (Å²) in [4.78, 5) is 24.8. The van der Waals surface area contributed by atoms with E-state index in [0.717, 1.165) is 36.7 Å². The van der Waals surface area contributed by atoms with Crippen LogP contribution in [0.1, 0.15) is 30.6 Å². The van der Waals surface area contributed by atoms with Gasteiger partial charge in [0.1, 0.15) is 0 Å². The summed E-state index contributed by atoms with van der Waals surface area (Å²) in [5, 5.41) is 10.7. The fraction of sp³-hybridized carbons (Fsp3) is 0.400. The highest BCUT2D eigenvalue weighted by Crippen LogP contribution is 2.25. The van der Waals surface area contributed by atoms with Crippen molar-refractivity contribution in [1.29, 1.82) is 0 Å². The molecule has 0 radical (unpaired) electrons. The fourth-order valence-electron chi connectivity index (χ4n) is 4.88. The van der Waals surface area contributed by atoms with Crippen LogP contribution in [0.15, 0.2) is 59.8 Å². The molecular formula is C25H32N6O4S. The van der Waals surface area contributed by atoms with Gasteiger partial charge in [0.2, 0.25) is 16.0 Å². The van der Waals surface area contributed by atoms with Crippen LogP contribution in [0, 0.1) is 0 Å². The van der Waals surface area contributed by atoms with Crippen LogP contribution in [0.3, 0.4) is 0 Å².